The van der Waals surface area contributed by atoms with Crippen LogP contribution in [0.1, 0.15) is 6.92 Å². The minimum Gasteiger partial charge on any atom is -0.232 e. The minimum absolute atomic E-state index is 0.243. The number of hydrogen-bond acceptors (Lipinski definition) is 4. The highest BCUT2D eigenvalue weighted by molar-refractivity contribution is 7.73. The van der Waals surface area contributed by atoms with Crippen LogP contribution in [-0.2, 0) is 10.3 Å². The first-order chi connectivity index (χ1) is 6.16. The van der Waals surface area contributed by atoms with Crippen molar-refractivity contribution >= 4 is 26.7 Å². The van der Waals surface area contributed by atoms with Crippen LogP contribution in [0.15, 0.2) is 33.9 Å². The van der Waals surface area contributed by atoms with Crippen LogP contribution in [0.25, 0.3) is 0 Å². The number of nitrogens with zero attached hydrogens (tertiary/aromatic N) is 2. The molecule has 5 heteroatoms. The highest BCUT2D eigenvalue weighted by Gasteiger charge is 2.15. The van der Waals surface area contributed by atoms with Gasteiger partial charge in [-0.15, -0.1) is 0 Å². The number of rotatable bonds is 0. The van der Waals surface area contributed by atoms with Crippen LogP contribution in [0.5, 0.6) is 0 Å². The maximum Gasteiger partial charge on any atom is 0.221 e. The Morgan fingerprint density at radius 1 is 1.23 bits per heavy atom. The van der Waals surface area contributed by atoms with Gasteiger partial charge in [0.2, 0.25) is 10.3 Å². The first kappa shape index (κ1) is 8.12. The predicted octanol–water partition coefficient (Wildman–Crippen LogP) is 0.365. The van der Waals surface area contributed by atoms with E-state index in [0.29, 0.717) is 11.5 Å². The Morgan fingerprint density at radius 3 is 2.69 bits per heavy atom. The summed E-state index contributed by atoms with van der Waals surface area (Å²) in [6, 6.07) is 0. The van der Waals surface area contributed by atoms with Crippen molar-refractivity contribution in [1.82, 2.24) is 0 Å². The fraction of sp³-hybridized carbons (Fsp3) is 0.125. The maximum atomic E-state index is 10.6. The average molecular weight is 194 g/mol. The lowest BCUT2D eigenvalue weighted by molar-refractivity contribution is 0.627. The summed E-state index contributed by atoms with van der Waals surface area (Å²) in [5.74, 6) is 0.656. The lowest BCUT2D eigenvalue weighted by Gasteiger charge is -1.99. The topological polar surface area (TPSA) is 58.9 Å². The number of amidine groups is 1. The number of hydrogen-bond donors (Lipinski definition) is 0. The van der Waals surface area contributed by atoms with Gasteiger partial charge < -0.3 is 0 Å². The Kier molecular flexibility index (Phi) is 1.73. The first-order valence-corrected chi connectivity index (χ1v) is 4.74. The molecule has 0 aromatic carbocycles. The molecule has 0 bridgehead atoms. The molecule has 0 saturated heterocycles. The van der Waals surface area contributed by atoms with Gasteiger partial charge in [0.25, 0.3) is 0 Å². The van der Waals surface area contributed by atoms with Gasteiger partial charge in [-0.2, -0.15) is 8.42 Å². The Morgan fingerprint density at radius 2 is 2.00 bits per heavy atom. The molecule has 2 rings (SSSR count). The van der Waals surface area contributed by atoms with Gasteiger partial charge >= 0.3 is 0 Å². The third-order valence-corrected chi connectivity index (χ3v) is 2.34. The van der Waals surface area contributed by atoms with Crippen LogP contribution < -0.4 is 0 Å². The van der Waals surface area contributed by atoms with Gasteiger partial charge in [0, 0.05) is 0 Å². The summed E-state index contributed by atoms with van der Waals surface area (Å²) < 4.78 is 21.2. The fourth-order valence-corrected chi connectivity index (χ4v) is 1.55. The molecule has 66 valence electrons. The molecular weight excluding hydrogens is 188 g/mol. The van der Waals surface area contributed by atoms with E-state index in [1.807, 2.05) is 0 Å². The molecule has 13 heavy (non-hydrogen) atoms. The van der Waals surface area contributed by atoms with Crippen LogP contribution >= 0.6 is 0 Å². The van der Waals surface area contributed by atoms with Crippen molar-refractivity contribution in [2.45, 2.75) is 6.92 Å². The quantitative estimate of drug-likeness (QED) is 0.523. The smallest absolute Gasteiger partial charge is 0.221 e. The van der Waals surface area contributed by atoms with Gasteiger partial charge in [-0.25, -0.2) is 9.98 Å². The van der Waals surface area contributed by atoms with Gasteiger partial charge in [-0.1, -0.05) is 0 Å². The molecule has 1 aliphatic carbocycles. The molecular formula is C8H6N2O2S. The Hall–Kier alpha value is -1.49. The summed E-state index contributed by atoms with van der Waals surface area (Å²) in [5.41, 5.74) is 1.35. The van der Waals surface area contributed by atoms with Crippen LogP contribution in [0.3, 0.4) is 0 Å². The minimum atomic E-state index is -2.19. The van der Waals surface area contributed by atoms with Crippen LogP contribution in [0.2, 0.25) is 0 Å². The molecule has 0 fully saturated rings. The third kappa shape index (κ3) is 1.38. The molecule has 0 N–H and O–H groups in total. The summed E-state index contributed by atoms with van der Waals surface area (Å²) in [5, 5.41) is 0. The number of allylic oxidation sites excluding steroid dienone is 3. The van der Waals surface area contributed by atoms with E-state index in [-0.39, 0.29) is 4.86 Å². The van der Waals surface area contributed by atoms with Gasteiger partial charge in [0.1, 0.15) is 5.84 Å². The zero-order valence-electron chi connectivity index (χ0n) is 6.85. The fourth-order valence-electron chi connectivity index (χ4n) is 1.16. The molecule has 4 nitrogen and oxygen atoms in total. The molecule has 0 saturated carbocycles. The molecule has 0 radical (unpaired) electrons. The summed E-state index contributed by atoms with van der Waals surface area (Å²) in [6.45, 7) is 1.77. The normalized spacial score (nSPS) is 19.2. The van der Waals surface area contributed by atoms with Crippen molar-refractivity contribution in [2.24, 2.45) is 9.98 Å². The summed E-state index contributed by atoms with van der Waals surface area (Å²) >= 11 is 0. The zero-order valence-corrected chi connectivity index (χ0v) is 7.67. The average Bonchev–Trinajstić information content (AvgIpc) is 2.42. The monoisotopic (exact) mass is 194 g/mol. The molecule has 0 unspecified atom stereocenters. The molecule has 1 heterocycles. The summed E-state index contributed by atoms with van der Waals surface area (Å²) in [6.07, 6.45) is 4.68. The second kappa shape index (κ2) is 2.77. The van der Waals surface area contributed by atoms with Gasteiger partial charge in [0.05, 0.1) is 16.3 Å². The Balaban J connectivity index is 2.60. The van der Waals surface area contributed by atoms with E-state index < -0.39 is 10.3 Å². The van der Waals surface area contributed by atoms with E-state index in [1.54, 1.807) is 13.0 Å². The summed E-state index contributed by atoms with van der Waals surface area (Å²) in [7, 11) is -2.19. The van der Waals surface area contributed by atoms with Crippen molar-refractivity contribution in [2.75, 3.05) is 0 Å². The van der Waals surface area contributed by atoms with Gasteiger partial charge in [0.15, 0.2) is 0 Å². The first-order valence-electron chi connectivity index (χ1n) is 3.67. The van der Waals surface area contributed by atoms with E-state index in [9.17, 15) is 8.42 Å². The molecule has 1 aliphatic heterocycles. The van der Waals surface area contributed by atoms with Crippen molar-refractivity contribution < 1.29 is 8.42 Å². The largest absolute Gasteiger partial charge is 0.232 e. The summed E-state index contributed by atoms with van der Waals surface area (Å²) in [4.78, 5) is 8.42. The lowest BCUT2D eigenvalue weighted by atomic mass is 10.1. The molecule has 0 amide bonds. The third-order valence-electron chi connectivity index (χ3n) is 1.70. The van der Waals surface area contributed by atoms with Crippen molar-refractivity contribution in [3.8, 4) is 0 Å². The van der Waals surface area contributed by atoms with Gasteiger partial charge in [-0.3, -0.25) is 0 Å². The van der Waals surface area contributed by atoms with E-state index in [4.69, 9.17) is 0 Å². The van der Waals surface area contributed by atoms with Crippen LogP contribution in [-0.4, -0.2) is 24.8 Å². The van der Waals surface area contributed by atoms with Crippen molar-refractivity contribution in [3.05, 3.63) is 23.9 Å². The lowest BCUT2D eigenvalue weighted by Crippen LogP contribution is -2.04. The molecule has 2 aliphatic rings. The van der Waals surface area contributed by atoms with Crippen molar-refractivity contribution in [3.63, 3.8) is 0 Å². The van der Waals surface area contributed by atoms with Crippen molar-refractivity contribution in [1.29, 1.82) is 0 Å². The maximum absolute atomic E-state index is 10.6. The predicted molar refractivity (Wildman–Crippen MR) is 51.7 cm³/mol. The molecule has 0 aromatic rings. The SMILES string of the molecule is CC1=NC2=CC(=S(=O)=O)C=CC2=N1. The Labute approximate surface area is 76.6 Å². The second-order valence-electron chi connectivity index (χ2n) is 2.66. The second-order valence-corrected chi connectivity index (χ2v) is 3.60. The molecule has 0 spiro atoms. The van der Waals surface area contributed by atoms with Gasteiger partial charge in [-0.05, 0) is 25.2 Å². The van der Waals surface area contributed by atoms with E-state index in [1.165, 1.54) is 12.2 Å². The Bertz CT molecular complexity index is 510. The van der Waals surface area contributed by atoms with Crippen LogP contribution in [0, 0.1) is 0 Å². The highest BCUT2D eigenvalue weighted by atomic mass is 32.2. The number of fused-ring (bicyclic) bond motifs is 1. The highest BCUT2D eigenvalue weighted by Crippen LogP contribution is 2.14. The number of aliphatic imine (C=N–C) groups is 2. The van der Waals surface area contributed by atoms with E-state index in [0.717, 1.165) is 5.71 Å². The van der Waals surface area contributed by atoms with Crippen LogP contribution in [0.4, 0.5) is 0 Å². The zero-order chi connectivity index (χ0) is 9.42. The molecule has 0 aromatic heterocycles. The standard InChI is InChI=1S/C8H6N2O2S/c1-5-9-7-3-2-6(13(11)12)4-8(7)10-5/h2-4H,1H3. The molecule has 0 atom stereocenters. The van der Waals surface area contributed by atoms with E-state index in [2.05, 4.69) is 9.98 Å². The van der Waals surface area contributed by atoms with E-state index >= 15 is 0 Å².